The van der Waals surface area contributed by atoms with Crippen LogP contribution in [0.2, 0.25) is 0 Å². The highest BCUT2D eigenvalue weighted by Gasteiger charge is 2.32. The molecule has 5 heteroatoms. The molecule has 0 spiro atoms. The molecule has 2 amide bonds. The number of carbonyl (C=O) groups is 2. The quantitative estimate of drug-likeness (QED) is 0.830. The molecule has 3 rings (SSSR count). The van der Waals surface area contributed by atoms with E-state index in [9.17, 15) is 9.59 Å². The average molecular weight is 301 g/mol. The van der Waals surface area contributed by atoms with Crippen molar-refractivity contribution < 1.29 is 9.59 Å². The van der Waals surface area contributed by atoms with Gasteiger partial charge in [0, 0.05) is 12.5 Å². The topological polar surface area (TPSA) is 61.4 Å². The maximum Gasteiger partial charge on any atom is 0.255 e. The Kier molecular flexibility index (Phi) is 4.73. The minimum Gasteiger partial charge on any atom is -0.288 e. The van der Waals surface area contributed by atoms with Crippen LogP contribution < -0.4 is 10.9 Å². The van der Waals surface area contributed by atoms with Crippen molar-refractivity contribution in [3.63, 3.8) is 0 Å². The van der Waals surface area contributed by atoms with Gasteiger partial charge in [0.05, 0.1) is 6.04 Å². The molecule has 1 atom stereocenters. The standard InChI is InChI=1S/C17H23N3O2/c21-16(14-9-10-14)18-19-17(22)15-8-4-5-11-20(15)12-13-6-2-1-3-7-13/h1-3,6-7,14-15H,4-5,8-12H2,(H,18,21)(H,19,22)/t15-/m1/s1. The summed E-state index contributed by atoms with van der Waals surface area (Å²) in [7, 11) is 0. The van der Waals surface area contributed by atoms with Crippen LogP contribution in [0.25, 0.3) is 0 Å². The Hall–Kier alpha value is -1.88. The molecule has 0 aromatic heterocycles. The smallest absolute Gasteiger partial charge is 0.255 e. The molecule has 0 unspecified atom stereocenters. The molecular formula is C17H23N3O2. The molecule has 0 radical (unpaired) electrons. The van der Waals surface area contributed by atoms with Crippen LogP contribution in [0, 0.1) is 5.92 Å². The van der Waals surface area contributed by atoms with Crippen molar-refractivity contribution in [2.45, 2.75) is 44.7 Å². The monoisotopic (exact) mass is 301 g/mol. The minimum absolute atomic E-state index is 0.0567. The molecule has 2 fully saturated rings. The van der Waals surface area contributed by atoms with E-state index in [4.69, 9.17) is 0 Å². The summed E-state index contributed by atoms with van der Waals surface area (Å²) in [5, 5.41) is 0. The highest BCUT2D eigenvalue weighted by Crippen LogP contribution is 2.28. The van der Waals surface area contributed by atoms with E-state index in [1.165, 1.54) is 5.56 Å². The maximum absolute atomic E-state index is 12.4. The lowest BCUT2D eigenvalue weighted by Crippen LogP contribution is -2.53. The molecule has 1 aromatic rings. The number of hydrazine groups is 1. The van der Waals surface area contributed by atoms with Gasteiger partial charge < -0.3 is 0 Å². The summed E-state index contributed by atoms with van der Waals surface area (Å²) in [6, 6.07) is 10.0. The zero-order chi connectivity index (χ0) is 15.4. The number of benzene rings is 1. The zero-order valence-electron chi connectivity index (χ0n) is 12.8. The number of hydrogen-bond donors (Lipinski definition) is 2. The van der Waals surface area contributed by atoms with E-state index < -0.39 is 0 Å². The molecule has 1 aliphatic carbocycles. The molecular weight excluding hydrogens is 278 g/mol. The lowest BCUT2D eigenvalue weighted by Gasteiger charge is -2.34. The van der Waals surface area contributed by atoms with E-state index in [0.29, 0.717) is 0 Å². The van der Waals surface area contributed by atoms with Gasteiger partial charge >= 0.3 is 0 Å². The van der Waals surface area contributed by atoms with Crippen LogP contribution in [0.4, 0.5) is 0 Å². The number of hydrogen-bond acceptors (Lipinski definition) is 3. The number of nitrogens with zero attached hydrogens (tertiary/aromatic N) is 1. The predicted octanol–water partition coefficient (Wildman–Crippen LogP) is 1.60. The number of rotatable bonds is 4. The average Bonchev–Trinajstić information content (AvgIpc) is 3.39. The first kappa shape index (κ1) is 15.0. The third kappa shape index (κ3) is 3.85. The summed E-state index contributed by atoms with van der Waals surface area (Å²) in [5.74, 6) is -0.0459. The minimum atomic E-state index is -0.159. The molecule has 2 N–H and O–H groups in total. The van der Waals surface area contributed by atoms with E-state index in [1.54, 1.807) is 0 Å². The number of amides is 2. The second-order valence-corrected chi connectivity index (χ2v) is 6.22. The molecule has 22 heavy (non-hydrogen) atoms. The third-order valence-electron chi connectivity index (χ3n) is 4.40. The Bertz CT molecular complexity index is 528. The summed E-state index contributed by atoms with van der Waals surface area (Å²) >= 11 is 0. The van der Waals surface area contributed by atoms with Gasteiger partial charge in [-0.2, -0.15) is 0 Å². The van der Waals surface area contributed by atoms with Gasteiger partial charge in [0.2, 0.25) is 5.91 Å². The molecule has 1 aromatic carbocycles. The van der Waals surface area contributed by atoms with Crippen molar-refractivity contribution in [1.29, 1.82) is 0 Å². The molecule has 0 bridgehead atoms. The SMILES string of the molecule is O=C(NNC(=O)[C@H]1CCCCN1Cc1ccccc1)C1CC1. The second-order valence-electron chi connectivity index (χ2n) is 6.22. The molecule has 1 saturated carbocycles. The number of nitrogens with one attached hydrogen (secondary N) is 2. The summed E-state index contributed by atoms with van der Waals surface area (Å²) in [6.07, 6.45) is 4.89. The van der Waals surface area contributed by atoms with Gasteiger partial charge in [-0.1, -0.05) is 36.8 Å². The highest BCUT2D eigenvalue weighted by molar-refractivity contribution is 5.86. The molecule has 2 aliphatic rings. The van der Waals surface area contributed by atoms with Crippen LogP contribution in [0.3, 0.4) is 0 Å². The van der Waals surface area contributed by atoms with E-state index in [0.717, 1.165) is 45.2 Å². The first-order valence-electron chi connectivity index (χ1n) is 8.12. The van der Waals surface area contributed by atoms with Gasteiger partial charge in [-0.3, -0.25) is 25.3 Å². The van der Waals surface area contributed by atoms with E-state index in [1.807, 2.05) is 18.2 Å². The summed E-state index contributed by atoms with van der Waals surface area (Å²) in [6.45, 7) is 1.69. The van der Waals surface area contributed by atoms with Gasteiger partial charge in [0.25, 0.3) is 5.91 Å². The summed E-state index contributed by atoms with van der Waals surface area (Å²) in [5.41, 5.74) is 6.38. The van der Waals surface area contributed by atoms with Crippen LogP contribution in [-0.4, -0.2) is 29.3 Å². The van der Waals surface area contributed by atoms with Gasteiger partial charge in [-0.15, -0.1) is 0 Å². The fraction of sp³-hybridized carbons (Fsp3) is 0.529. The summed E-state index contributed by atoms with van der Waals surface area (Å²) in [4.78, 5) is 26.2. The zero-order valence-corrected chi connectivity index (χ0v) is 12.8. The molecule has 1 saturated heterocycles. The Balaban J connectivity index is 1.56. The maximum atomic E-state index is 12.4. The number of piperidine rings is 1. The van der Waals surface area contributed by atoms with Crippen molar-refractivity contribution in [1.82, 2.24) is 15.8 Å². The predicted molar refractivity (Wildman–Crippen MR) is 83.5 cm³/mol. The Morgan fingerprint density at radius 3 is 2.45 bits per heavy atom. The normalized spacial score (nSPS) is 22.1. The lowest BCUT2D eigenvalue weighted by molar-refractivity contribution is -0.133. The first-order chi connectivity index (χ1) is 10.7. The third-order valence-corrected chi connectivity index (χ3v) is 4.40. The Morgan fingerprint density at radius 1 is 1.00 bits per heavy atom. The van der Waals surface area contributed by atoms with Gasteiger partial charge in [0.15, 0.2) is 0 Å². The molecule has 118 valence electrons. The Morgan fingerprint density at radius 2 is 1.73 bits per heavy atom. The van der Waals surface area contributed by atoms with Crippen LogP contribution in [0.5, 0.6) is 0 Å². The molecule has 5 nitrogen and oxygen atoms in total. The Labute approximate surface area is 131 Å². The van der Waals surface area contributed by atoms with Crippen molar-refractivity contribution in [2.75, 3.05) is 6.54 Å². The van der Waals surface area contributed by atoms with Gasteiger partial charge in [-0.05, 0) is 37.8 Å². The number of likely N-dealkylation sites (tertiary alicyclic amines) is 1. The fourth-order valence-electron chi connectivity index (χ4n) is 2.95. The van der Waals surface area contributed by atoms with E-state index in [-0.39, 0.29) is 23.8 Å². The van der Waals surface area contributed by atoms with Crippen LogP contribution >= 0.6 is 0 Å². The van der Waals surface area contributed by atoms with Gasteiger partial charge in [-0.25, -0.2) is 0 Å². The van der Waals surface area contributed by atoms with Gasteiger partial charge in [0.1, 0.15) is 0 Å². The molecule has 1 heterocycles. The van der Waals surface area contributed by atoms with E-state index in [2.05, 4.69) is 27.9 Å². The van der Waals surface area contributed by atoms with Crippen molar-refractivity contribution in [3.8, 4) is 0 Å². The molecule has 1 aliphatic heterocycles. The van der Waals surface area contributed by atoms with Crippen molar-refractivity contribution >= 4 is 11.8 Å². The van der Waals surface area contributed by atoms with E-state index >= 15 is 0 Å². The van der Waals surface area contributed by atoms with Crippen LogP contribution in [-0.2, 0) is 16.1 Å². The first-order valence-corrected chi connectivity index (χ1v) is 8.12. The lowest BCUT2D eigenvalue weighted by atomic mass is 10.0. The van der Waals surface area contributed by atoms with Crippen LogP contribution in [0.15, 0.2) is 30.3 Å². The van der Waals surface area contributed by atoms with Crippen LogP contribution in [0.1, 0.15) is 37.7 Å². The largest absolute Gasteiger partial charge is 0.288 e. The second kappa shape index (κ2) is 6.92. The number of carbonyl (C=O) groups excluding carboxylic acids is 2. The van der Waals surface area contributed by atoms with Crippen molar-refractivity contribution in [2.24, 2.45) is 5.92 Å². The highest BCUT2D eigenvalue weighted by atomic mass is 16.2. The summed E-state index contributed by atoms with van der Waals surface area (Å²) < 4.78 is 0. The fourth-order valence-corrected chi connectivity index (χ4v) is 2.95. The van der Waals surface area contributed by atoms with Crippen molar-refractivity contribution in [3.05, 3.63) is 35.9 Å².